The summed E-state index contributed by atoms with van der Waals surface area (Å²) in [5.41, 5.74) is 1.96. The fourth-order valence-electron chi connectivity index (χ4n) is 1.11. The highest BCUT2D eigenvalue weighted by Gasteiger charge is 2.01. The average molecular weight is 284 g/mol. The number of hydrogen-bond donors (Lipinski definition) is 1. The lowest BCUT2D eigenvalue weighted by Gasteiger charge is -2.03. The first-order valence-corrected chi connectivity index (χ1v) is 7.26. The number of nitriles is 1. The summed E-state index contributed by atoms with van der Waals surface area (Å²) in [5, 5.41) is 11.6. The van der Waals surface area contributed by atoms with E-state index in [-0.39, 0.29) is 0 Å². The molecule has 7 heteroatoms. The minimum Gasteiger partial charge on any atom is -0.278 e. The Hall–Kier alpha value is -0.840. The van der Waals surface area contributed by atoms with Gasteiger partial charge in [0, 0.05) is 22.9 Å². The van der Waals surface area contributed by atoms with Crippen molar-refractivity contribution in [2.75, 3.05) is 11.5 Å². The van der Waals surface area contributed by atoms with Gasteiger partial charge in [-0.2, -0.15) is 5.26 Å². The molecule has 0 amide bonds. The molecule has 0 spiro atoms. The Kier molecular flexibility index (Phi) is 6.26. The highest BCUT2D eigenvalue weighted by Crippen LogP contribution is 2.16. The van der Waals surface area contributed by atoms with E-state index < -0.39 is 0 Å². The molecule has 0 aliphatic carbocycles. The second kappa shape index (κ2) is 7.48. The van der Waals surface area contributed by atoms with Crippen LogP contribution in [0.4, 0.5) is 0 Å². The van der Waals surface area contributed by atoms with E-state index in [2.05, 4.69) is 15.3 Å². The van der Waals surface area contributed by atoms with Crippen LogP contribution in [0.1, 0.15) is 11.4 Å². The Labute approximate surface area is 115 Å². The second-order valence-corrected chi connectivity index (χ2v) is 5.99. The molecule has 0 radical (unpaired) electrons. The molecule has 0 saturated heterocycles. The van der Waals surface area contributed by atoms with Crippen molar-refractivity contribution in [3.05, 3.63) is 17.5 Å². The summed E-state index contributed by atoms with van der Waals surface area (Å²) in [6.07, 6.45) is 1.80. The van der Waals surface area contributed by atoms with Crippen LogP contribution in [0.5, 0.6) is 0 Å². The van der Waals surface area contributed by atoms with E-state index in [4.69, 9.17) is 17.5 Å². The number of hydrogen-bond acceptors (Lipinski definition) is 6. The summed E-state index contributed by atoms with van der Waals surface area (Å²) >= 11 is 7.96. The second-order valence-electron chi connectivity index (χ2n) is 3.15. The molecule has 0 fully saturated rings. The van der Waals surface area contributed by atoms with Gasteiger partial charge in [-0.05, 0) is 19.9 Å². The zero-order valence-corrected chi connectivity index (χ0v) is 12.0. The Bertz CT molecular complexity index is 421. The molecule has 1 rings (SSSR count). The first-order valence-electron chi connectivity index (χ1n) is 4.89. The van der Waals surface area contributed by atoms with Crippen LogP contribution >= 0.6 is 35.7 Å². The van der Waals surface area contributed by atoms with E-state index >= 15 is 0 Å². The van der Waals surface area contributed by atoms with E-state index in [1.54, 1.807) is 18.0 Å². The maximum Gasteiger partial charge on any atom is 0.188 e. The Morgan fingerprint density at radius 3 is 2.65 bits per heavy atom. The molecule has 0 bridgehead atoms. The average Bonchev–Trinajstić information content (AvgIpc) is 2.23. The van der Waals surface area contributed by atoms with Crippen molar-refractivity contribution in [1.82, 2.24) is 15.3 Å². The summed E-state index contributed by atoms with van der Waals surface area (Å²) < 4.78 is 0.509. The molecule has 1 aromatic rings. The summed E-state index contributed by atoms with van der Waals surface area (Å²) in [4.78, 5) is 8.66. The minimum absolute atomic E-state index is 0.509. The molecule has 1 heterocycles. The summed E-state index contributed by atoms with van der Waals surface area (Å²) in [5.74, 6) is 1.69. The first-order chi connectivity index (χ1) is 8.11. The van der Waals surface area contributed by atoms with Gasteiger partial charge in [-0.25, -0.2) is 9.97 Å². The van der Waals surface area contributed by atoms with E-state index in [1.165, 1.54) is 11.8 Å². The molecule has 90 valence electrons. The minimum atomic E-state index is 0.509. The highest BCUT2D eigenvalue weighted by molar-refractivity contribution is 8.23. The third-order valence-electron chi connectivity index (χ3n) is 1.67. The first kappa shape index (κ1) is 14.2. The van der Waals surface area contributed by atoms with Gasteiger partial charge in [-0.3, -0.25) is 5.32 Å². The lowest BCUT2D eigenvalue weighted by Crippen LogP contribution is -2.11. The van der Waals surface area contributed by atoms with Crippen LogP contribution in [0, 0.1) is 25.3 Å². The monoisotopic (exact) mass is 284 g/mol. The van der Waals surface area contributed by atoms with Crippen molar-refractivity contribution in [2.45, 2.75) is 19.0 Å². The number of thioether (sulfide) groups is 2. The number of thiocarbonyl (C=S) groups is 1. The molecule has 0 atom stereocenters. The number of rotatable bonds is 4. The van der Waals surface area contributed by atoms with E-state index in [0.29, 0.717) is 4.32 Å². The van der Waals surface area contributed by atoms with Crippen molar-refractivity contribution < 1.29 is 0 Å². The molecule has 0 aliphatic rings. The summed E-state index contributed by atoms with van der Waals surface area (Å²) in [6.45, 7) is 3.92. The molecular formula is C10H12N4S3. The van der Waals surface area contributed by atoms with Gasteiger partial charge in [0.15, 0.2) is 11.3 Å². The maximum atomic E-state index is 8.35. The zero-order chi connectivity index (χ0) is 12.7. The molecular weight excluding hydrogens is 272 g/mol. The number of nitrogens with one attached hydrogen (secondary N) is 1. The van der Waals surface area contributed by atoms with Crippen LogP contribution in [0.15, 0.2) is 11.2 Å². The molecule has 0 aromatic carbocycles. The fourth-order valence-corrected chi connectivity index (χ4v) is 2.97. The van der Waals surface area contributed by atoms with Crippen molar-refractivity contribution in [1.29, 1.82) is 5.26 Å². The van der Waals surface area contributed by atoms with E-state index in [0.717, 1.165) is 28.0 Å². The largest absolute Gasteiger partial charge is 0.278 e. The van der Waals surface area contributed by atoms with Crippen LogP contribution in [0.3, 0.4) is 0 Å². The molecule has 1 N–H and O–H groups in total. The topological polar surface area (TPSA) is 61.6 Å². The zero-order valence-electron chi connectivity index (χ0n) is 9.56. The van der Waals surface area contributed by atoms with Gasteiger partial charge in [0.2, 0.25) is 0 Å². The predicted molar refractivity (Wildman–Crippen MR) is 76.0 cm³/mol. The van der Waals surface area contributed by atoms with Crippen molar-refractivity contribution >= 4 is 40.1 Å². The normalized spacial score (nSPS) is 9.71. The van der Waals surface area contributed by atoms with Gasteiger partial charge in [0.1, 0.15) is 4.32 Å². The maximum absolute atomic E-state index is 8.35. The third kappa shape index (κ3) is 5.86. The number of aryl methyl sites for hydroxylation is 2. The lowest BCUT2D eigenvalue weighted by atomic mass is 10.4. The molecule has 4 nitrogen and oxygen atoms in total. The molecule has 0 unspecified atom stereocenters. The van der Waals surface area contributed by atoms with Gasteiger partial charge in [-0.1, -0.05) is 35.7 Å². The Balaban J connectivity index is 2.31. The summed E-state index contributed by atoms with van der Waals surface area (Å²) in [7, 11) is 0. The smallest absolute Gasteiger partial charge is 0.188 e. The van der Waals surface area contributed by atoms with Gasteiger partial charge in [0.05, 0.1) is 0 Å². The predicted octanol–water partition coefficient (Wildman–Crippen LogP) is 2.27. The van der Waals surface area contributed by atoms with Gasteiger partial charge >= 0.3 is 0 Å². The van der Waals surface area contributed by atoms with Gasteiger partial charge in [0.25, 0.3) is 0 Å². The van der Waals surface area contributed by atoms with Gasteiger partial charge in [-0.15, -0.1) is 0 Å². The quantitative estimate of drug-likeness (QED) is 0.227. The molecule has 0 aliphatic heterocycles. The SMILES string of the molecule is Cc1cc(C)nc(SCCSC(=S)NC#N)n1. The fraction of sp³-hybridized carbons (Fsp3) is 0.400. The van der Waals surface area contributed by atoms with Crippen LogP contribution < -0.4 is 5.32 Å². The van der Waals surface area contributed by atoms with Crippen molar-refractivity contribution in [3.63, 3.8) is 0 Å². The van der Waals surface area contributed by atoms with Crippen LogP contribution in [-0.2, 0) is 0 Å². The van der Waals surface area contributed by atoms with Crippen molar-refractivity contribution in [2.24, 2.45) is 0 Å². The van der Waals surface area contributed by atoms with Crippen LogP contribution in [-0.4, -0.2) is 25.8 Å². The molecule has 0 saturated carbocycles. The molecule has 1 aromatic heterocycles. The summed E-state index contributed by atoms with van der Waals surface area (Å²) in [6, 6.07) is 1.95. The van der Waals surface area contributed by atoms with Gasteiger partial charge < -0.3 is 0 Å². The number of aromatic nitrogens is 2. The van der Waals surface area contributed by atoms with Crippen LogP contribution in [0.2, 0.25) is 0 Å². The lowest BCUT2D eigenvalue weighted by molar-refractivity contribution is 0.903. The van der Waals surface area contributed by atoms with E-state index in [1.807, 2.05) is 19.9 Å². The molecule has 17 heavy (non-hydrogen) atoms. The number of nitrogens with zero attached hydrogens (tertiary/aromatic N) is 3. The highest BCUT2D eigenvalue weighted by atomic mass is 32.2. The third-order valence-corrected chi connectivity index (χ3v) is 4.00. The van der Waals surface area contributed by atoms with Crippen LogP contribution in [0.25, 0.3) is 0 Å². The Morgan fingerprint density at radius 2 is 2.06 bits per heavy atom. The van der Waals surface area contributed by atoms with E-state index in [9.17, 15) is 0 Å². The van der Waals surface area contributed by atoms with Crippen molar-refractivity contribution in [3.8, 4) is 6.19 Å². The standard InChI is InChI=1S/C10H12N4S3/c1-7-5-8(2)14-9(13-7)16-3-4-17-10(15)12-6-11/h5H,3-4H2,1-2H3,(H,12,15). The Morgan fingerprint density at radius 1 is 1.41 bits per heavy atom.